The summed E-state index contributed by atoms with van der Waals surface area (Å²) >= 11 is 0. The first kappa shape index (κ1) is 18.8. The molecule has 0 heterocycles. The van der Waals surface area contributed by atoms with E-state index in [1.54, 1.807) is 0 Å². The standard InChI is InChI=1S/C16H18F3N3O3/c17-16(18,19)12-5-6-13(14(10-12)22(24)25)20-7-8-21-15(23)9-11-3-1-2-4-11/h1,3,5-6,10-11,20H,2,4,7-9H2,(H,21,23)/t11-/m0/s1. The predicted molar refractivity (Wildman–Crippen MR) is 86.1 cm³/mol. The zero-order chi connectivity index (χ0) is 18.4. The van der Waals surface area contributed by atoms with Gasteiger partial charge >= 0.3 is 6.18 Å². The summed E-state index contributed by atoms with van der Waals surface area (Å²) < 4.78 is 37.9. The van der Waals surface area contributed by atoms with Gasteiger partial charge in [-0.25, -0.2) is 0 Å². The average Bonchev–Trinajstić information content (AvgIpc) is 3.03. The number of nitro benzene ring substituents is 1. The van der Waals surface area contributed by atoms with E-state index in [0.717, 1.165) is 25.0 Å². The molecule has 0 unspecified atom stereocenters. The summed E-state index contributed by atoms with van der Waals surface area (Å²) in [6, 6.07) is 2.29. The second-order valence-corrected chi connectivity index (χ2v) is 5.73. The van der Waals surface area contributed by atoms with Gasteiger partial charge in [0.25, 0.3) is 5.69 Å². The lowest BCUT2D eigenvalue weighted by molar-refractivity contribution is -0.384. The number of anilines is 1. The highest BCUT2D eigenvalue weighted by atomic mass is 19.4. The van der Waals surface area contributed by atoms with Gasteiger partial charge in [-0.05, 0) is 30.9 Å². The Labute approximate surface area is 142 Å². The number of rotatable bonds is 7. The van der Waals surface area contributed by atoms with Crippen molar-refractivity contribution in [2.24, 2.45) is 5.92 Å². The Kier molecular flexibility index (Phi) is 6.00. The number of nitrogens with zero attached hydrogens (tertiary/aromatic N) is 1. The zero-order valence-corrected chi connectivity index (χ0v) is 13.3. The number of hydrogen-bond donors (Lipinski definition) is 2. The van der Waals surface area contributed by atoms with Crippen molar-refractivity contribution in [3.63, 3.8) is 0 Å². The van der Waals surface area contributed by atoms with Gasteiger partial charge in [-0.3, -0.25) is 14.9 Å². The molecule has 0 spiro atoms. The highest BCUT2D eigenvalue weighted by molar-refractivity contribution is 5.76. The van der Waals surface area contributed by atoms with Gasteiger partial charge < -0.3 is 10.6 Å². The number of nitro groups is 1. The molecule has 0 radical (unpaired) electrons. The quantitative estimate of drug-likeness (QED) is 0.339. The molecule has 0 aliphatic heterocycles. The normalized spacial score (nSPS) is 16.7. The minimum atomic E-state index is -4.65. The number of nitrogens with one attached hydrogen (secondary N) is 2. The number of allylic oxidation sites excluding steroid dienone is 2. The number of alkyl halides is 3. The first-order valence-electron chi connectivity index (χ1n) is 7.80. The maximum absolute atomic E-state index is 12.6. The Morgan fingerprint density at radius 2 is 2.08 bits per heavy atom. The molecule has 1 amide bonds. The lowest BCUT2D eigenvalue weighted by Gasteiger charge is -2.12. The number of carbonyl (C=O) groups is 1. The fraction of sp³-hybridized carbons (Fsp3) is 0.438. The summed E-state index contributed by atoms with van der Waals surface area (Å²) in [4.78, 5) is 21.8. The highest BCUT2D eigenvalue weighted by Gasteiger charge is 2.33. The zero-order valence-electron chi connectivity index (χ0n) is 13.3. The van der Waals surface area contributed by atoms with Crippen LogP contribution in [0.1, 0.15) is 24.8 Å². The van der Waals surface area contributed by atoms with Crippen molar-refractivity contribution in [3.8, 4) is 0 Å². The molecule has 2 N–H and O–H groups in total. The van der Waals surface area contributed by atoms with Crippen molar-refractivity contribution < 1.29 is 22.9 Å². The van der Waals surface area contributed by atoms with Crippen LogP contribution in [0.25, 0.3) is 0 Å². The van der Waals surface area contributed by atoms with Crippen LogP contribution in [-0.4, -0.2) is 23.9 Å². The Bertz CT molecular complexity index is 674. The van der Waals surface area contributed by atoms with Crippen molar-refractivity contribution in [1.29, 1.82) is 0 Å². The second-order valence-electron chi connectivity index (χ2n) is 5.73. The minimum Gasteiger partial charge on any atom is -0.378 e. The van der Waals surface area contributed by atoms with Gasteiger partial charge in [0.1, 0.15) is 5.69 Å². The third-order valence-corrected chi connectivity index (χ3v) is 3.84. The maximum Gasteiger partial charge on any atom is 0.416 e. The van der Waals surface area contributed by atoms with Gasteiger partial charge in [-0.1, -0.05) is 12.2 Å². The van der Waals surface area contributed by atoms with E-state index in [4.69, 9.17) is 0 Å². The van der Waals surface area contributed by atoms with Crippen molar-refractivity contribution in [2.45, 2.75) is 25.4 Å². The Morgan fingerprint density at radius 1 is 1.32 bits per heavy atom. The molecule has 1 aliphatic rings. The Hall–Kier alpha value is -2.58. The van der Waals surface area contributed by atoms with Crippen LogP contribution in [-0.2, 0) is 11.0 Å². The summed E-state index contributed by atoms with van der Waals surface area (Å²) in [5.74, 6) is 0.115. The molecule has 0 fully saturated rings. The molecule has 0 saturated carbocycles. The minimum absolute atomic E-state index is 0.0222. The monoisotopic (exact) mass is 357 g/mol. The van der Waals surface area contributed by atoms with Gasteiger partial charge in [0.05, 0.1) is 10.5 Å². The van der Waals surface area contributed by atoms with E-state index in [0.29, 0.717) is 12.5 Å². The molecule has 25 heavy (non-hydrogen) atoms. The molecular weight excluding hydrogens is 339 g/mol. The molecule has 1 aliphatic carbocycles. The number of halogens is 3. The van der Waals surface area contributed by atoms with E-state index >= 15 is 0 Å². The maximum atomic E-state index is 12.6. The Balaban J connectivity index is 1.86. The summed E-state index contributed by atoms with van der Waals surface area (Å²) in [6.45, 7) is 0.381. The summed E-state index contributed by atoms with van der Waals surface area (Å²) in [5.41, 5.74) is -1.76. The third kappa shape index (κ3) is 5.47. The van der Waals surface area contributed by atoms with Gasteiger partial charge in [0.2, 0.25) is 5.91 Å². The van der Waals surface area contributed by atoms with E-state index in [1.807, 2.05) is 12.2 Å². The van der Waals surface area contributed by atoms with Crippen molar-refractivity contribution >= 4 is 17.3 Å². The van der Waals surface area contributed by atoms with Crippen LogP contribution in [0, 0.1) is 16.0 Å². The number of benzene rings is 1. The van der Waals surface area contributed by atoms with Gasteiger partial charge in [-0.2, -0.15) is 13.2 Å². The Morgan fingerprint density at radius 3 is 2.68 bits per heavy atom. The van der Waals surface area contributed by atoms with Crippen molar-refractivity contribution in [3.05, 3.63) is 46.0 Å². The fourth-order valence-corrected chi connectivity index (χ4v) is 2.58. The molecular formula is C16H18F3N3O3. The molecule has 0 saturated heterocycles. The lowest BCUT2D eigenvalue weighted by Crippen LogP contribution is -2.29. The second kappa shape index (κ2) is 8.00. The van der Waals surface area contributed by atoms with E-state index in [2.05, 4.69) is 10.6 Å². The molecule has 6 nitrogen and oxygen atoms in total. The van der Waals surface area contributed by atoms with Gasteiger partial charge in [-0.15, -0.1) is 0 Å². The molecule has 0 bridgehead atoms. The van der Waals surface area contributed by atoms with E-state index < -0.39 is 22.4 Å². The number of amides is 1. The van der Waals surface area contributed by atoms with Crippen LogP contribution >= 0.6 is 0 Å². The van der Waals surface area contributed by atoms with Crippen LogP contribution in [0.15, 0.2) is 30.4 Å². The van der Waals surface area contributed by atoms with Gasteiger partial charge in [0.15, 0.2) is 0 Å². The lowest BCUT2D eigenvalue weighted by atomic mass is 10.1. The number of hydrogen-bond acceptors (Lipinski definition) is 4. The van der Waals surface area contributed by atoms with Crippen LogP contribution in [0.2, 0.25) is 0 Å². The van der Waals surface area contributed by atoms with E-state index in [9.17, 15) is 28.1 Å². The van der Waals surface area contributed by atoms with Crippen molar-refractivity contribution in [2.75, 3.05) is 18.4 Å². The topological polar surface area (TPSA) is 84.3 Å². The van der Waals surface area contributed by atoms with Crippen LogP contribution in [0.3, 0.4) is 0 Å². The largest absolute Gasteiger partial charge is 0.416 e. The van der Waals surface area contributed by atoms with Crippen LogP contribution in [0.4, 0.5) is 24.5 Å². The third-order valence-electron chi connectivity index (χ3n) is 3.84. The van der Waals surface area contributed by atoms with Crippen molar-refractivity contribution in [1.82, 2.24) is 5.32 Å². The first-order chi connectivity index (χ1) is 11.8. The molecule has 2 rings (SSSR count). The van der Waals surface area contributed by atoms with E-state index in [1.165, 1.54) is 0 Å². The molecule has 1 aromatic rings. The van der Waals surface area contributed by atoms with Crippen LogP contribution < -0.4 is 10.6 Å². The molecule has 136 valence electrons. The molecule has 9 heteroatoms. The SMILES string of the molecule is O=C(C[C@H]1C=CCC1)NCCNc1ccc(C(F)(F)F)cc1[N+](=O)[O-]. The number of carbonyl (C=O) groups excluding carboxylic acids is 1. The summed E-state index contributed by atoms with van der Waals surface area (Å²) in [6.07, 6.45) is 1.69. The first-order valence-corrected chi connectivity index (χ1v) is 7.80. The smallest absolute Gasteiger partial charge is 0.378 e. The molecule has 1 atom stereocenters. The summed E-state index contributed by atoms with van der Waals surface area (Å²) in [7, 11) is 0. The fourth-order valence-electron chi connectivity index (χ4n) is 2.58. The van der Waals surface area contributed by atoms with Crippen LogP contribution in [0.5, 0.6) is 0 Å². The predicted octanol–water partition coefficient (Wildman–Crippen LogP) is 3.50. The average molecular weight is 357 g/mol. The van der Waals surface area contributed by atoms with E-state index in [-0.39, 0.29) is 30.6 Å². The highest BCUT2D eigenvalue weighted by Crippen LogP contribution is 2.34. The van der Waals surface area contributed by atoms with Gasteiger partial charge in [0, 0.05) is 25.6 Å². The molecule has 0 aromatic heterocycles. The summed E-state index contributed by atoms with van der Waals surface area (Å²) in [5, 5.41) is 16.3. The molecule has 1 aromatic carbocycles.